The molecule has 0 aromatic heterocycles. The number of piperidine rings is 1. The molecule has 0 aliphatic carbocycles. The lowest BCUT2D eigenvalue weighted by molar-refractivity contribution is -0.117. The first kappa shape index (κ1) is 16.8. The molecule has 1 aliphatic rings. The van der Waals surface area contributed by atoms with Gasteiger partial charge in [0.2, 0.25) is 5.91 Å². The smallest absolute Gasteiger partial charge is 0.238 e. The Hall–Kier alpha value is -1.55. The third-order valence-electron chi connectivity index (χ3n) is 4.27. The van der Waals surface area contributed by atoms with E-state index in [0.29, 0.717) is 6.54 Å². The van der Waals surface area contributed by atoms with Crippen molar-refractivity contribution < 1.29 is 9.53 Å². The van der Waals surface area contributed by atoms with Crippen molar-refractivity contribution in [1.29, 1.82) is 0 Å². The highest BCUT2D eigenvalue weighted by Gasteiger charge is 2.18. The van der Waals surface area contributed by atoms with Crippen LogP contribution in [0.4, 0.5) is 5.69 Å². The summed E-state index contributed by atoms with van der Waals surface area (Å²) >= 11 is 0. The van der Waals surface area contributed by atoms with E-state index in [2.05, 4.69) is 24.1 Å². The minimum absolute atomic E-state index is 0.0512. The van der Waals surface area contributed by atoms with Crippen LogP contribution in [0.2, 0.25) is 0 Å². The second-order valence-electron chi connectivity index (χ2n) is 6.37. The number of hydrogen-bond acceptors (Lipinski definition) is 3. The lowest BCUT2D eigenvalue weighted by Gasteiger charge is -2.29. The third kappa shape index (κ3) is 5.34. The molecule has 1 unspecified atom stereocenters. The molecule has 4 nitrogen and oxygen atoms in total. The van der Waals surface area contributed by atoms with Crippen molar-refractivity contribution in [2.45, 2.75) is 46.1 Å². The summed E-state index contributed by atoms with van der Waals surface area (Å²) in [4.78, 5) is 14.4. The molecule has 2 rings (SSSR count). The molecule has 0 radical (unpaired) electrons. The summed E-state index contributed by atoms with van der Waals surface area (Å²) in [7, 11) is 0. The molecule has 1 saturated heterocycles. The average Bonchev–Trinajstić information content (AvgIpc) is 2.49. The van der Waals surface area contributed by atoms with Gasteiger partial charge in [-0.05, 0) is 57.3 Å². The second kappa shape index (κ2) is 8.18. The Kier molecular flexibility index (Phi) is 6.25. The lowest BCUT2D eigenvalue weighted by atomic mass is 9.99. The molecule has 1 amide bonds. The molecule has 1 heterocycles. The molecule has 22 heavy (non-hydrogen) atoms. The number of amides is 1. The number of ether oxygens (including phenoxy) is 1. The SMILES string of the molecule is CCC(C)Oc1cccc(NC(=O)CN2CCC(C)CC2)c1. The predicted molar refractivity (Wildman–Crippen MR) is 90.3 cm³/mol. The third-order valence-corrected chi connectivity index (χ3v) is 4.27. The van der Waals surface area contributed by atoms with Gasteiger partial charge in [-0.3, -0.25) is 9.69 Å². The zero-order valence-corrected chi connectivity index (χ0v) is 14.0. The molecule has 1 aromatic rings. The van der Waals surface area contributed by atoms with E-state index >= 15 is 0 Å². The van der Waals surface area contributed by atoms with Gasteiger partial charge in [-0.25, -0.2) is 0 Å². The Morgan fingerprint density at radius 3 is 2.82 bits per heavy atom. The first-order valence-electron chi connectivity index (χ1n) is 8.35. The summed E-state index contributed by atoms with van der Waals surface area (Å²) in [5.41, 5.74) is 0.802. The van der Waals surface area contributed by atoms with Gasteiger partial charge in [0.1, 0.15) is 5.75 Å². The first-order valence-corrected chi connectivity index (χ1v) is 8.35. The van der Waals surface area contributed by atoms with Crippen molar-refractivity contribution >= 4 is 11.6 Å². The van der Waals surface area contributed by atoms with Crippen molar-refractivity contribution in [2.24, 2.45) is 5.92 Å². The Labute approximate surface area is 133 Å². The largest absolute Gasteiger partial charge is 0.491 e. The number of nitrogens with zero attached hydrogens (tertiary/aromatic N) is 1. The van der Waals surface area contributed by atoms with E-state index in [1.54, 1.807) is 0 Å². The summed E-state index contributed by atoms with van der Waals surface area (Å²) in [6.45, 7) is 8.93. The number of anilines is 1. The molecule has 4 heteroatoms. The van der Waals surface area contributed by atoms with Gasteiger partial charge in [-0.2, -0.15) is 0 Å². The molecule has 1 atom stereocenters. The maximum Gasteiger partial charge on any atom is 0.238 e. The van der Waals surface area contributed by atoms with Crippen molar-refractivity contribution in [3.63, 3.8) is 0 Å². The maximum atomic E-state index is 12.2. The first-order chi connectivity index (χ1) is 10.6. The zero-order chi connectivity index (χ0) is 15.9. The molecule has 0 spiro atoms. The van der Waals surface area contributed by atoms with Gasteiger partial charge in [0.25, 0.3) is 0 Å². The van der Waals surface area contributed by atoms with Crippen LogP contribution in [-0.4, -0.2) is 36.5 Å². The van der Waals surface area contributed by atoms with Crippen LogP contribution in [0.1, 0.15) is 40.0 Å². The molecule has 0 bridgehead atoms. The minimum Gasteiger partial charge on any atom is -0.491 e. The number of rotatable bonds is 6. The van der Waals surface area contributed by atoms with Crippen LogP contribution in [0.25, 0.3) is 0 Å². The van der Waals surface area contributed by atoms with Crippen LogP contribution in [0.3, 0.4) is 0 Å². The van der Waals surface area contributed by atoms with Crippen LogP contribution in [-0.2, 0) is 4.79 Å². The summed E-state index contributed by atoms with van der Waals surface area (Å²) in [6, 6.07) is 7.63. The monoisotopic (exact) mass is 304 g/mol. The number of hydrogen-bond donors (Lipinski definition) is 1. The lowest BCUT2D eigenvalue weighted by Crippen LogP contribution is -2.38. The van der Waals surface area contributed by atoms with Crippen molar-refractivity contribution in [1.82, 2.24) is 4.90 Å². The van der Waals surface area contributed by atoms with Crippen LogP contribution in [0, 0.1) is 5.92 Å². The Balaban J connectivity index is 1.84. The number of nitrogens with one attached hydrogen (secondary N) is 1. The molecule has 1 aliphatic heterocycles. The molecule has 1 fully saturated rings. The van der Waals surface area contributed by atoms with E-state index < -0.39 is 0 Å². The van der Waals surface area contributed by atoms with Crippen molar-refractivity contribution in [3.05, 3.63) is 24.3 Å². The number of carbonyl (C=O) groups excluding carboxylic acids is 1. The Morgan fingerprint density at radius 2 is 2.14 bits per heavy atom. The normalized spacial score (nSPS) is 18.0. The predicted octanol–water partition coefficient (Wildman–Crippen LogP) is 3.53. The van der Waals surface area contributed by atoms with E-state index in [1.165, 1.54) is 12.8 Å². The van der Waals surface area contributed by atoms with Gasteiger partial charge in [0, 0.05) is 11.8 Å². The van der Waals surface area contributed by atoms with Gasteiger partial charge in [0.05, 0.1) is 12.6 Å². The number of benzene rings is 1. The standard InChI is InChI=1S/C18H28N2O2/c1-4-15(3)22-17-7-5-6-16(12-17)19-18(21)13-20-10-8-14(2)9-11-20/h5-7,12,14-15H,4,8-11,13H2,1-3H3,(H,19,21). The van der Waals surface area contributed by atoms with Crippen LogP contribution < -0.4 is 10.1 Å². The van der Waals surface area contributed by atoms with Gasteiger partial charge >= 0.3 is 0 Å². The van der Waals surface area contributed by atoms with Gasteiger partial charge in [0.15, 0.2) is 0 Å². The summed E-state index contributed by atoms with van der Waals surface area (Å²) < 4.78 is 5.79. The average molecular weight is 304 g/mol. The second-order valence-corrected chi connectivity index (χ2v) is 6.37. The molecular formula is C18H28N2O2. The Morgan fingerprint density at radius 1 is 1.41 bits per heavy atom. The maximum absolute atomic E-state index is 12.2. The summed E-state index contributed by atoms with van der Waals surface area (Å²) in [6.07, 6.45) is 3.52. The van der Waals surface area contributed by atoms with Crippen molar-refractivity contribution in [2.75, 3.05) is 25.0 Å². The van der Waals surface area contributed by atoms with Gasteiger partial charge < -0.3 is 10.1 Å². The topological polar surface area (TPSA) is 41.6 Å². The number of carbonyl (C=O) groups is 1. The van der Waals surface area contributed by atoms with E-state index in [4.69, 9.17) is 4.74 Å². The fraction of sp³-hybridized carbons (Fsp3) is 0.611. The summed E-state index contributed by atoms with van der Waals surface area (Å²) in [5, 5.41) is 2.97. The highest BCUT2D eigenvalue weighted by Crippen LogP contribution is 2.20. The van der Waals surface area contributed by atoms with Crippen LogP contribution in [0.15, 0.2) is 24.3 Å². The molecule has 1 aromatic carbocycles. The van der Waals surface area contributed by atoms with Crippen LogP contribution >= 0.6 is 0 Å². The fourth-order valence-corrected chi connectivity index (χ4v) is 2.59. The van der Waals surface area contributed by atoms with Crippen molar-refractivity contribution in [3.8, 4) is 5.75 Å². The highest BCUT2D eigenvalue weighted by atomic mass is 16.5. The van der Waals surface area contributed by atoms with Gasteiger partial charge in [-0.1, -0.05) is 19.9 Å². The number of likely N-dealkylation sites (tertiary alicyclic amines) is 1. The van der Waals surface area contributed by atoms with Gasteiger partial charge in [-0.15, -0.1) is 0 Å². The molecule has 0 saturated carbocycles. The quantitative estimate of drug-likeness (QED) is 0.874. The van der Waals surface area contributed by atoms with E-state index in [-0.39, 0.29) is 12.0 Å². The zero-order valence-electron chi connectivity index (χ0n) is 14.0. The van der Waals surface area contributed by atoms with E-state index in [1.807, 2.05) is 31.2 Å². The fourth-order valence-electron chi connectivity index (χ4n) is 2.59. The van der Waals surface area contributed by atoms with E-state index in [9.17, 15) is 4.79 Å². The van der Waals surface area contributed by atoms with Crippen LogP contribution in [0.5, 0.6) is 5.75 Å². The molecule has 122 valence electrons. The summed E-state index contributed by atoms with van der Waals surface area (Å²) in [5.74, 6) is 1.64. The Bertz CT molecular complexity index is 482. The molecule has 1 N–H and O–H groups in total. The minimum atomic E-state index is 0.0512. The highest BCUT2D eigenvalue weighted by molar-refractivity contribution is 5.92. The molecular weight excluding hydrogens is 276 g/mol. The van der Waals surface area contributed by atoms with E-state index in [0.717, 1.165) is 36.9 Å².